The van der Waals surface area contributed by atoms with Crippen molar-refractivity contribution in [1.82, 2.24) is 15.6 Å². The fourth-order valence-corrected chi connectivity index (χ4v) is 2.75. The summed E-state index contributed by atoms with van der Waals surface area (Å²) in [5.74, 6) is 2.23. The third-order valence-electron chi connectivity index (χ3n) is 3.99. The molecule has 1 atom stereocenters. The minimum Gasteiger partial charge on any atom is -0.493 e. The number of rotatable bonds is 4. The minimum absolute atomic E-state index is 0. The van der Waals surface area contributed by atoms with Crippen molar-refractivity contribution < 1.29 is 4.74 Å². The normalized spacial score (nSPS) is 16.4. The van der Waals surface area contributed by atoms with Gasteiger partial charge in [-0.2, -0.15) is 0 Å². The van der Waals surface area contributed by atoms with Gasteiger partial charge in [0.2, 0.25) is 0 Å². The lowest BCUT2D eigenvalue weighted by Crippen LogP contribution is -2.39. The number of fused-ring (bicyclic) bond motifs is 1. The molecule has 128 valence electrons. The molecule has 0 radical (unpaired) electrons. The summed E-state index contributed by atoms with van der Waals surface area (Å²) >= 11 is 0. The van der Waals surface area contributed by atoms with E-state index in [4.69, 9.17) is 4.74 Å². The van der Waals surface area contributed by atoms with Crippen molar-refractivity contribution in [3.63, 3.8) is 0 Å². The summed E-state index contributed by atoms with van der Waals surface area (Å²) in [6, 6.07) is 14.2. The van der Waals surface area contributed by atoms with Gasteiger partial charge >= 0.3 is 0 Å². The van der Waals surface area contributed by atoms with Gasteiger partial charge in [-0.25, -0.2) is 0 Å². The van der Waals surface area contributed by atoms with Crippen molar-refractivity contribution in [2.75, 3.05) is 20.2 Å². The molecule has 0 bridgehead atoms. The molecular formula is C18H23IN4O. The Kier molecular flexibility index (Phi) is 7.30. The molecule has 3 rings (SSSR count). The Hall–Kier alpha value is -1.83. The molecular weight excluding hydrogens is 415 g/mol. The number of nitrogens with zero attached hydrogens (tertiary/aromatic N) is 2. The van der Waals surface area contributed by atoms with Crippen molar-refractivity contribution in [2.45, 2.75) is 18.9 Å². The molecule has 0 spiro atoms. The van der Waals surface area contributed by atoms with E-state index in [1.165, 1.54) is 5.56 Å². The lowest BCUT2D eigenvalue weighted by Gasteiger charge is -2.26. The number of benzene rings is 1. The molecule has 0 saturated carbocycles. The predicted molar refractivity (Wildman–Crippen MR) is 107 cm³/mol. The van der Waals surface area contributed by atoms with Crippen LogP contribution in [0.3, 0.4) is 0 Å². The second-order valence-corrected chi connectivity index (χ2v) is 5.50. The first kappa shape index (κ1) is 18.5. The molecule has 2 aromatic rings. The maximum atomic E-state index is 5.71. The molecule has 0 amide bonds. The lowest BCUT2D eigenvalue weighted by atomic mass is 9.93. The van der Waals surface area contributed by atoms with Crippen LogP contribution in [0.1, 0.15) is 23.6 Å². The van der Waals surface area contributed by atoms with Crippen molar-refractivity contribution in [2.24, 2.45) is 4.99 Å². The highest BCUT2D eigenvalue weighted by atomic mass is 127. The Morgan fingerprint density at radius 1 is 1.21 bits per heavy atom. The number of aromatic nitrogens is 1. The average molecular weight is 438 g/mol. The summed E-state index contributed by atoms with van der Waals surface area (Å²) in [5.41, 5.74) is 2.26. The molecule has 0 fully saturated rings. The number of halogens is 1. The number of guanidine groups is 1. The van der Waals surface area contributed by atoms with Crippen LogP contribution in [0.5, 0.6) is 5.75 Å². The van der Waals surface area contributed by atoms with Crippen LogP contribution in [0.25, 0.3) is 0 Å². The number of para-hydroxylation sites is 1. The van der Waals surface area contributed by atoms with Crippen molar-refractivity contribution in [3.8, 4) is 5.75 Å². The van der Waals surface area contributed by atoms with Gasteiger partial charge in [0.25, 0.3) is 0 Å². The Morgan fingerprint density at radius 3 is 2.83 bits per heavy atom. The monoisotopic (exact) mass is 438 g/mol. The molecule has 1 aromatic carbocycles. The molecule has 0 aliphatic carbocycles. The third-order valence-corrected chi connectivity index (χ3v) is 3.99. The molecule has 0 saturated heterocycles. The first-order valence-electron chi connectivity index (χ1n) is 7.93. The van der Waals surface area contributed by atoms with Gasteiger partial charge in [-0.15, -0.1) is 24.0 Å². The second-order valence-electron chi connectivity index (χ2n) is 5.50. The topological polar surface area (TPSA) is 58.5 Å². The van der Waals surface area contributed by atoms with Crippen LogP contribution in [0, 0.1) is 0 Å². The third kappa shape index (κ3) is 4.83. The maximum Gasteiger partial charge on any atom is 0.191 e. The number of aliphatic imine (C=N–C) groups is 1. The van der Waals surface area contributed by atoms with Crippen LogP contribution >= 0.6 is 24.0 Å². The van der Waals surface area contributed by atoms with E-state index in [0.29, 0.717) is 12.5 Å². The maximum absolute atomic E-state index is 5.71. The molecule has 1 aliphatic rings. The van der Waals surface area contributed by atoms with Gasteiger partial charge in [-0.3, -0.25) is 9.98 Å². The number of nitrogens with one attached hydrogen (secondary N) is 2. The fourth-order valence-electron chi connectivity index (χ4n) is 2.75. The minimum atomic E-state index is 0. The largest absolute Gasteiger partial charge is 0.493 e. The van der Waals surface area contributed by atoms with Gasteiger partial charge in [0.15, 0.2) is 5.96 Å². The van der Waals surface area contributed by atoms with E-state index < -0.39 is 0 Å². The first-order valence-corrected chi connectivity index (χ1v) is 7.93. The summed E-state index contributed by atoms with van der Waals surface area (Å²) < 4.78 is 5.71. The van der Waals surface area contributed by atoms with E-state index >= 15 is 0 Å². The fraction of sp³-hybridized carbons (Fsp3) is 0.333. The molecule has 24 heavy (non-hydrogen) atoms. The van der Waals surface area contributed by atoms with Gasteiger partial charge < -0.3 is 15.4 Å². The molecule has 1 unspecified atom stereocenters. The van der Waals surface area contributed by atoms with Crippen LogP contribution in [0.2, 0.25) is 0 Å². The van der Waals surface area contributed by atoms with Gasteiger partial charge in [-0.05, 0) is 30.2 Å². The number of hydrogen-bond acceptors (Lipinski definition) is 3. The van der Waals surface area contributed by atoms with Crippen molar-refractivity contribution in [1.29, 1.82) is 0 Å². The van der Waals surface area contributed by atoms with Crippen LogP contribution in [0.15, 0.2) is 53.7 Å². The van der Waals surface area contributed by atoms with Crippen LogP contribution < -0.4 is 15.4 Å². The van der Waals surface area contributed by atoms with E-state index in [2.05, 4.69) is 32.7 Å². The van der Waals surface area contributed by atoms with Gasteiger partial charge in [0.05, 0.1) is 18.8 Å². The molecule has 2 N–H and O–H groups in total. The van der Waals surface area contributed by atoms with Crippen molar-refractivity contribution >= 4 is 29.9 Å². The zero-order valence-electron chi connectivity index (χ0n) is 13.7. The Labute approximate surface area is 160 Å². The summed E-state index contributed by atoms with van der Waals surface area (Å²) in [7, 11) is 1.78. The summed E-state index contributed by atoms with van der Waals surface area (Å²) in [4.78, 5) is 8.58. The average Bonchev–Trinajstić information content (AvgIpc) is 2.63. The number of ether oxygens (including phenoxy) is 1. The summed E-state index contributed by atoms with van der Waals surface area (Å²) in [6.07, 6.45) is 2.81. The van der Waals surface area contributed by atoms with E-state index in [-0.39, 0.29) is 24.0 Å². The number of hydrogen-bond donors (Lipinski definition) is 2. The Balaban J connectivity index is 0.00000208. The van der Waals surface area contributed by atoms with E-state index in [9.17, 15) is 0 Å². The first-order chi connectivity index (χ1) is 11.4. The van der Waals surface area contributed by atoms with Gasteiger partial charge in [0, 0.05) is 25.7 Å². The standard InChI is InChI=1S/C18H22N4O.HI/c1-19-18(22-13-15-6-4-5-10-20-15)21-12-14-9-11-23-17-8-3-2-7-16(14)17;/h2-8,10,14H,9,11-13H2,1H3,(H2,19,21,22);1H. The smallest absolute Gasteiger partial charge is 0.191 e. The Morgan fingerprint density at radius 2 is 2.04 bits per heavy atom. The lowest BCUT2D eigenvalue weighted by molar-refractivity contribution is 0.267. The van der Waals surface area contributed by atoms with Crippen LogP contribution in [-0.2, 0) is 6.54 Å². The summed E-state index contributed by atoms with van der Waals surface area (Å²) in [6.45, 7) is 2.26. The highest BCUT2D eigenvalue weighted by Crippen LogP contribution is 2.32. The van der Waals surface area contributed by atoms with Gasteiger partial charge in [-0.1, -0.05) is 24.3 Å². The second kappa shape index (κ2) is 9.46. The molecule has 6 heteroatoms. The summed E-state index contributed by atoms with van der Waals surface area (Å²) in [5, 5.41) is 6.70. The molecule has 1 aliphatic heterocycles. The molecule has 5 nitrogen and oxygen atoms in total. The number of pyridine rings is 1. The van der Waals surface area contributed by atoms with Crippen molar-refractivity contribution in [3.05, 3.63) is 59.9 Å². The van der Waals surface area contributed by atoms with E-state index in [1.54, 1.807) is 13.2 Å². The molecule has 2 heterocycles. The zero-order chi connectivity index (χ0) is 15.9. The molecule has 1 aromatic heterocycles. The van der Waals surface area contributed by atoms with Gasteiger partial charge in [0.1, 0.15) is 5.75 Å². The highest BCUT2D eigenvalue weighted by Gasteiger charge is 2.20. The zero-order valence-corrected chi connectivity index (χ0v) is 16.1. The van der Waals surface area contributed by atoms with Crippen LogP contribution in [-0.4, -0.2) is 31.1 Å². The SMILES string of the molecule is CN=C(NCc1ccccn1)NCC1CCOc2ccccc21.I. The Bertz CT molecular complexity index is 663. The quantitative estimate of drug-likeness (QED) is 0.438. The predicted octanol–water partition coefficient (Wildman–Crippen LogP) is 2.93. The van der Waals surface area contributed by atoms with E-state index in [1.807, 2.05) is 30.3 Å². The highest BCUT2D eigenvalue weighted by molar-refractivity contribution is 14.0. The van der Waals surface area contributed by atoms with E-state index in [0.717, 1.165) is 37.0 Å². The van der Waals surface area contributed by atoms with Crippen LogP contribution in [0.4, 0.5) is 0 Å².